The van der Waals surface area contributed by atoms with Gasteiger partial charge in [-0.25, -0.2) is 0 Å². The van der Waals surface area contributed by atoms with Crippen LogP contribution in [0.2, 0.25) is 0 Å². The fraction of sp³-hybridized carbons (Fsp3) is 0.875. The first-order valence-electron chi connectivity index (χ1n) is 4.58. The second-order valence-electron chi connectivity index (χ2n) is 2.54. The van der Waals surface area contributed by atoms with Crippen LogP contribution in [0.3, 0.4) is 0 Å². The molecule has 0 atom stereocenters. The van der Waals surface area contributed by atoms with E-state index in [0.717, 1.165) is 32.6 Å². The molecule has 0 unspecified atom stereocenters. The van der Waals surface area contributed by atoms with Gasteiger partial charge in [0.15, 0.2) is 5.96 Å². The number of hydrogen-bond acceptors (Lipinski definition) is 2. The summed E-state index contributed by atoms with van der Waals surface area (Å²) < 4.78 is 0. The van der Waals surface area contributed by atoms with E-state index >= 15 is 0 Å². The van der Waals surface area contributed by atoms with Gasteiger partial charge < -0.3 is 16.0 Å². The highest BCUT2D eigenvalue weighted by atomic mass is 15.1. The van der Waals surface area contributed by atoms with Crippen molar-refractivity contribution in [3.8, 4) is 0 Å². The average molecular weight is 172 g/mol. The lowest BCUT2D eigenvalue weighted by molar-refractivity contribution is 0.654. The van der Waals surface area contributed by atoms with Gasteiger partial charge in [-0.05, 0) is 26.4 Å². The van der Waals surface area contributed by atoms with Crippen LogP contribution in [-0.4, -0.2) is 32.1 Å². The van der Waals surface area contributed by atoms with Gasteiger partial charge >= 0.3 is 0 Å². The average Bonchev–Trinajstić information content (AvgIpc) is 2.05. The first kappa shape index (κ1) is 11.2. The van der Waals surface area contributed by atoms with Gasteiger partial charge in [-0.15, -0.1) is 0 Å². The third-order valence-corrected chi connectivity index (χ3v) is 1.44. The van der Waals surface area contributed by atoms with Crippen LogP contribution < -0.4 is 16.0 Å². The minimum atomic E-state index is 0.425. The monoisotopic (exact) mass is 172 g/mol. The maximum absolute atomic E-state index is 7.33. The minimum absolute atomic E-state index is 0.425. The highest BCUT2D eigenvalue weighted by Crippen LogP contribution is 1.72. The minimum Gasteiger partial charge on any atom is -0.357 e. The largest absolute Gasteiger partial charge is 0.357 e. The Morgan fingerprint density at radius 3 is 2.42 bits per heavy atom. The summed E-state index contributed by atoms with van der Waals surface area (Å²) in [4.78, 5) is 0. The molecule has 0 heterocycles. The quantitative estimate of drug-likeness (QED) is 0.261. The zero-order chi connectivity index (χ0) is 9.23. The summed E-state index contributed by atoms with van der Waals surface area (Å²) in [6.45, 7) is 7.77. The van der Waals surface area contributed by atoms with E-state index in [0.29, 0.717) is 5.96 Å². The number of nitrogens with one attached hydrogen (secondary N) is 4. The highest BCUT2D eigenvalue weighted by molar-refractivity contribution is 5.76. The van der Waals surface area contributed by atoms with Crippen LogP contribution in [0.25, 0.3) is 0 Å². The molecule has 0 saturated carbocycles. The summed E-state index contributed by atoms with van der Waals surface area (Å²) >= 11 is 0. The van der Waals surface area contributed by atoms with E-state index in [4.69, 9.17) is 5.41 Å². The lowest BCUT2D eigenvalue weighted by Crippen LogP contribution is -2.37. The molecule has 4 nitrogen and oxygen atoms in total. The summed E-state index contributed by atoms with van der Waals surface area (Å²) in [5, 5.41) is 16.4. The third kappa shape index (κ3) is 7.34. The Kier molecular flexibility index (Phi) is 7.79. The van der Waals surface area contributed by atoms with Gasteiger partial charge in [0.05, 0.1) is 0 Å². The summed E-state index contributed by atoms with van der Waals surface area (Å²) in [7, 11) is 0. The van der Waals surface area contributed by atoms with E-state index < -0.39 is 0 Å². The van der Waals surface area contributed by atoms with Gasteiger partial charge in [-0.3, -0.25) is 5.41 Å². The van der Waals surface area contributed by atoms with Crippen LogP contribution in [0.1, 0.15) is 20.3 Å². The van der Waals surface area contributed by atoms with Crippen molar-refractivity contribution in [1.82, 2.24) is 16.0 Å². The molecule has 0 aliphatic heterocycles. The molecule has 0 aromatic carbocycles. The van der Waals surface area contributed by atoms with E-state index in [1.54, 1.807) is 0 Å². The lowest BCUT2D eigenvalue weighted by Gasteiger charge is -2.08. The topological polar surface area (TPSA) is 59.9 Å². The predicted molar refractivity (Wildman–Crippen MR) is 52.6 cm³/mol. The van der Waals surface area contributed by atoms with Gasteiger partial charge in [-0.1, -0.05) is 6.92 Å². The van der Waals surface area contributed by atoms with Crippen LogP contribution in [0.5, 0.6) is 0 Å². The van der Waals surface area contributed by atoms with Crippen molar-refractivity contribution < 1.29 is 0 Å². The highest BCUT2D eigenvalue weighted by Gasteiger charge is 1.90. The molecule has 0 amide bonds. The summed E-state index contributed by atoms with van der Waals surface area (Å²) in [6.07, 6.45) is 1.06. The molecule has 0 bridgehead atoms. The van der Waals surface area contributed by atoms with Crippen LogP contribution in [0.15, 0.2) is 0 Å². The summed E-state index contributed by atoms with van der Waals surface area (Å²) in [5.74, 6) is 0.425. The smallest absolute Gasteiger partial charge is 0.188 e. The maximum atomic E-state index is 7.33. The van der Waals surface area contributed by atoms with Crippen molar-refractivity contribution in [2.75, 3.05) is 26.2 Å². The first-order chi connectivity index (χ1) is 5.81. The Balaban J connectivity index is 3.03. The number of guanidine groups is 1. The molecular formula is C8H20N4. The molecule has 0 aliphatic rings. The van der Waals surface area contributed by atoms with Crippen molar-refractivity contribution >= 4 is 5.96 Å². The second kappa shape index (κ2) is 8.33. The lowest BCUT2D eigenvalue weighted by atomic mass is 10.4. The van der Waals surface area contributed by atoms with Crippen molar-refractivity contribution in [1.29, 1.82) is 5.41 Å². The molecule has 0 saturated heterocycles. The van der Waals surface area contributed by atoms with E-state index in [1.165, 1.54) is 0 Å². The molecule has 0 rings (SSSR count). The van der Waals surface area contributed by atoms with Crippen molar-refractivity contribution in [3.63, 3.8) is 0 Å². The molecule has 0 aliphatic carbocycles. The van der Waals surface area contributed by atoms with Gasteiger partial charge in [0.25, 0.3) is 0 Å². The second-order valence-corrected chi connectivity index (χ2v) is 2.54. The third-order valence-electron chi connectivity index (χ3n) is 1.44. The Hall–Kier alpha value is -0.770. The standard InChI is InChI=1S/C8H20N4/c1-3-10-6-5-7-12-8(9)11-4-2/h10H,3-7H2,1-2H3,(H3,9,11,12). The van der Waals surface area contributed by atoms with E-state index in [2.05, 4.69) is 22.9 Å². The van der Waals surface area contributed by atoms with E-state index in [1.807, 2.05) is 6.92 Å². The fourth-order valence-corrected chi connectivity index (χ4v) is 0.843. The Labute approximate surface area is 74.6 Å². The molecule has 0 fully saturated rings. The van der Waals surface area contributed by atoms with E-state index in [-0.39, 0.29) is 0 Å². The van der Waals surface area contributed by atoms with Crippen molar-refractivity contribution in [2.24, 2.45) is 0 Å². The SMILES string of the molecule is CCNCCCNC(=N)NCC. The predicted octanol–water partition coefficient (Wildman–Crippen LogP) is 0.120. The molecular weight excluding hydrogens is 152 g/mol. The molecule has 12 heavy (non-hydrogen) atoms. The Morgan fingerprint density at radius 2 is 1.83 bits per heavy atom. The van der Waals surface area contributed by atoms with Crippen LogP contribution in [0.4, 0.5) is 0 Å². The Bertz CT molecular complexity index is 114. The normalized spacial score (nSPS) is 9.50. The number of rotatable bonds is 6. The first-order valence-corrected chi connectivity index (χ1v) is 4.58. The van der Waals surface area contributed by atoms with Gasteiger partial charge in [0.1, 0.15) is 0 Å². The number of hydrogen-bond donors (Lipinski definition) is 4. The van der Waals surface area contributed by atoms with Crippen LogP contribution >= 0.6 is 0 Å². The van der Waals surface area contributed by atoms with Gasteiger partial charge in [0.2, 0.25) is 0 Å². The van der Waals surface area contributed by atoms with Gasteiger partial charge in [0, 0.05) is 13.1 Å². The van der Waals surface area contributed by atoms with Crippen LogP contribution in [0, 0.1) is 5.41 Å². The summed E-state index contributed by atoms with van der Waals surface area (Å²) in [5.41, 5.74) is 0. The molecule has 0 aromatic rings. The van der Waals surface area contributed by atoms with E-state index in [9.17, 15) is 0 Å². The molecule has 0 radical (unpaired) electrons. The zero-order valence-corrected chi connectivity index (χ0v) is 8.04. The van der Waals surface area contributed by atoms with Crippen molar-refractivity contribution in [3.05, 3.63) is 0 Å². The van der Waals surface area contributed by atoms with Crippen molar-refractivity contribution in [2.45, 2.75) is 20.3 Å². The molecule has 0 aromatic heterocycles. The summed E-state index contributed by atoms with van der Waals surface area (Å²) in [6, 6.07) is 0. The molecule has 4 heteroatoms. The molecule has 4 N–H and O–H groups in total. The Morgan fingerprint density at radius 1 is 1.08 bits per heavy atom. The molecule has 0 spiro atoms. The fourth-order valence-electron chi connectivity index (χ4n) is 0.843. The van der Waals surface area contributed by atoms with Gasteiger partial charge in [-0.2, -0.15) is 0 Å². The maximum Gasteiger partial charge on any atom is 0.188 e. The zero-order valence-electron chi connectivity index (χ0n) is 8.04. The molecule has 72 valence electrons. The van der Waals surface area contributed by atoms with Crippen LogP contribution in [-0.2, 0) is 0 Å².